The number of hydrogen-bond donors (Lipinski definition) is 5. The first-order chi connectivity index (χ1) is 38.2. The molecule has 1 heterocycles. The number of carbonyl (C=O) groups excluding carboxylic acids is 3. The number of guanidine groups is 1. The molecule has 16 nitrogen and oxygen atoms in total. The number of aliphatic imine (C=N–C) groups is 1. The molecule has 0 unspecified atom stereocenters. The molecule has 18 heteroatoms. The molecule has 6 aromatic rings. The molecule has 0 saturated carbocycles. The van der Waals surface area contributed by atoms with E-state index < -0.39 is 61.8 Å². The molecule has 1 aliphatic heterocycles. The second kappa shape index (κ2) is 27.7. The van der Waals surface area contributed by atoms with E-state index in [1.54, 1.807) is 75.4 Å². The van der Waals surface area contributed by atoms with Crippen LogP contribution in [-0.2, 0) is 77.4 Å². The van der Waals surface area contributed by atoms with E-state index in [0.29, 0.717) is 59.6 Å². The summed E-state index contributed by atoms with van der Waals surface area (Å²) in [6.07, 6.45) is 1.15. The van der Waals surface area contributed by atoms with Gasteiger partial charge < -0.3 is 30.6 Å². The molecule has 0 saturated heterocycles. The highest BCUT2D eigenvalue weighted by atomic mass is 32.2. The Hall–Kier alpha value is -7.38. The van der Waals surface area contributed by atoms with Crippen molar-refractivity contribution in [2.75, 3.05) is 6.54 Å². The fourth-order valence-electron chi connectivity index (χ4n) is 9.61. The first-order valence-corrected chi connectivity index (χ1v) is 30.1. The molecule has 0 radical (unpaired) electrons. The summed E-state index contributed by atoms with van der Waals surface area (Å²) >= 11 is 0. The van der Waals surface area contributed by atoms with Gasteiger partial charge in [0.25, 0.3) is 10.0 Å². The second-order valence-electron chi connectivity index (χ2n) is 21.0. The minimum absolute atomic E-state index is 0.0119. The van der Waals surface area contributed by atoms with Crippen LogP contribution >= 0.6 is 0 Å². The van der Waals surface area contributed by atoms with Crippen molar-refractivity contribution >= 4 is 43.6 Å². The maximum absolute atomic E-state index is 14.8. The number of nitrogens with zero attached hydrogens (tertiary/aromatic N) is 1. The van der Waals surface area contributed by atoms with E-state index in [2.05, 4.69) is 25.1 Å². The van der Waals surface area contributed by atoms with Crippen LogP contribution in [0.2, 0.25) is 0 Å². The highest BCUT2D eigenvalue weighted by Crippen LogP contribution is 2.42. The smallest absolute Gasteiger partial charge is 0.264 e. The molecule has 2 amide bonds. The summed E-state index contributed by atoms with van der Waals surface area (Å²) in [5, 5.41) is 5.73. The van der Waals surface area contributed by atoms with Crippen LogP contribution in [-0.4, -0.2) is 76.8 Å². The number of ketones is 1. The molecule has 7 rings (SSSR count). The Morgan fingerprint density at radius 3 is 1.86 bits per heavy atom. The van der Waals surface area contributed by atoms with E-state index in [9.17, 15) is 31.2 Å². The summed E-state index contributed by atoms with van der Waals surface area (Å²) in [7, 11) is -8.30. The van der Waals surface area contributed by atoms with Gasteiger partial charge in [0.15, 0.2) is 5.78 Å². The monoisotopic (exact) mass is 1130 g/mol. The Labute approximate surface area is 471 Å². The number of carbonyl (C=O) groups is 3. The number of amides is 2. The minimum atomic E-state index is -4.15. The first kappa shape index (κ1) is 60.3. The number of sulfonamides is 2. The molecule has 4 atom stereocenters. The number of unbranched alkanes of at least 4 members (excludes halogenated alkanes) is 1. The lowest BCUT2D eigenvalue weighted by atomic mass is 9.88. The molecule has 6 N–H and O–H groups in total. The second-order valence-corrected chi connectivity index (χ2v) is 24.3. The number of rotatable bonds is 27. The van der Waals surface area contributed by atoms with Crippen molar-refractivity contribution in [1.82, 2.24) is 20.1 Å². The van der Waals surface area contributed by atoms with Crippen LogP contribution in [0.25, 0.3) is 0 Å². The van der Waals surface area contributed by atoms with Gasteiger partial charge >= 0.3 is 0 Å². The molecular formula is C62H74N6O10S2. The summed E-state index contributed by atoms with van der Waals surface area (Å²) in [5.74, 6) is -1.25. The van der Waals surface area contributed by atoms with Crippen LogP contribution in [0.5, 0.6) is 11.5 Å². The molecule has 0 aliphatic carbocycles. The van der Waals surface area contributed by atoms with Gasteiger partial charge in [0.05, 0.1) is 29.4 Å². The van der Waals surface area contributed by atoms with Gasteiger partial charge in [0.2, 0.25) is 27.8 Å². The average molecular weight is 1130 g/mol. The Morgan fingerprint density at radius 2 is 1.25 bits per heavy atom. The van der Waals surface area contributed by atoms with Gasteiger partial charge in [0, 0.05) is 13.0 Å². The van der Waals surface area contributed by atoms with Crippen molar-refractivity contribution in [1.29, 1.82) is 0 Å². The van der Waals surface area contributed by atoms with E-state index >= 15 is 0 Å². The number of hydrogen-bond acceptors (Lipinski definition) is 11. The number of ether oxygens (including phenoxy) is 3. The van der Waals surface area contributed by atoms with Crippen molar-refractivity contribution < 1.29 is 45.4 Å². The molecule has 0 aromatic heterocycles. The van der Waals surface area contributed by atoms with Gasteiger partial charge in [0.1, 0.15) is 35.8 Å². The lowest BCUT2D eigenvalue weighted by Gasteiger charge is -2.35. The summed E-state index contributed by atoms with van der Waals surface area (Å²) in [6.45, 7) is 11.5. The first-order valence-electron chi connectivity index (χ1n) is 26.9. The van der Waals surface area contributed by atoms with E-state index in [1.165, 1.54) is 0 Å². The molecule has 0 spiro atoms. The normalized spacial score (nSPS) is 14.8. The highest BCUT2D eigenvalue weighted by Gasteiger charge is 2.36. The third-order valence-corrected chi connectivity index (χ3v) is 17.1. The molecule has 424 valence electrons. The van der Waals surface area contributed by atoms with Crippen molar-refractivity contribution in [2.45, 2.75) is 140 Å². The summed E-state index contributed by atoms with van der Waals surface area (Å²) in [5.41, 5.74) is 12.2. The van der Waals surface area contributed by atoms with Gasteiger partial charge in [-0.15, -0.1) is 0 Å². The fraction of sp³-hybridized carbons (Fsp3) is 0.355. The lowest BCUT2D eigenvalue weighted by molar-refractivity contribution is -0.135. The van der Waals surface area contributed by atoms with Crippen molar-refractivity contribution in [3.63, 3.8) is 0 Å². The van der Waals surface area contributed by atoms with Gasteiger partial charge in [-0.05, 0) is 142 Å². The van der Waals surface area contributed by atoms with Crippen molar-refractivity contribution in [2.24, 2.45) is 10.7 Å². The zero-order valence-corrected chi connectivity index (χ0v) is 48.0. The molecule has 1 aliphatic rings. The standard InChI is InChI=1S/C62H74N6O10S2/c1-42-43(2)58(44(3)52-34-35-62(5,6)78-57(42)52)80(74,75)68-61(63)64-36-20-19-29-53(55(69)38-46-21-11-7-12-22-46)65-60(71)56(45(4)76-39-48-23-13-8-14-24-48)66-59(70)54(67-79(72,73)41-50-27-17-10-18-28-50)37-47-30-32-51(33-31-47)77-40-49-25-15-9-16-26-49/h7-18,21-28,30-33,45,53-54,56,67H,19-20,29,34-41H2,1-6H3,(H,65,71)(H,66,70)(H3,63,64,68)/t45-,53+,54+,56+/m1/s1. The summed E-state index contributed by atoms with van der Waals surface area (Å²) in [4.78, 5) is 48.2. The third-order valence-electron chi connectivity index (χ3n) is 14.1. The van der Waals surface area contributed by atoms with Gasteiger partial charge in [-0.1, -0.05) is 133 Å². The van der Waals surface area contributed by atoms with Crippen LogP contribution < -0.4 is 35.3 Å². The number of fused-ring (bicyclic) bond motifs is 1. The average Bonchev–Trinajstić information content (AvgIpc) is 3.47. The predicted molar refractivity (Wildman–Crippen MR) is 311 cm³/mol. The molecular weight excluding hydrogens is 1050 g/mol. The van der Waals surface area contributed by atoms with E-state index in [1.807, 2.05) is 112 Å². The zero-order valence-electron chi connectivity index (χ0n) is 46.4. The molecule has 6 aromatic carbocycles. The molecule has 0 bridgehead atoms. The summed E-state index contributed by atoms with van der Waals surface area (Å²) in [6, 6.07) is 39.7. The Morgan fingerprint density at radius 1 is 0.675 bits per heavy atom. The fourth-order valence-corrected chi connectivity index (χ4v) is 12.5. The van der Waals surface area contributed by atoms with Crippen LogP contribution in [0.4, 0.5) is 0 Å². The van der Waals surface area contributed by atoms with Gasteiger partial charge in [-0.3, -0.25) is 19.4 Å². The molecule has 0 fully saturated rings. The molecule has 80 heavy (non-hydrogen) atoms. The largest absolute Gasteiger partial charge is 0.489 e. The quantitative estimate of drug-likeness (QED) is 0.0187. The van der Waals surface area contributed by atoms with Crippen LogP contribution in [0.3, 0.4) is 0 Å². The Balaban J connectivity index is 1.08. The number of nitrogens with two attached hydrogens (primary N) is 1. The maximum atomic E-state index is 14.8. The minimum Gasteiger partial charge on any atom is -0.489 e. The maximum Gasteiger partial charge on any atom is 0.264 e. The van der Waals surface area contributed by atoms with E-state index in [-0.39, 0.29) is 54.7 Å². The Kier molecular flexibility index (Phi) is 20.8. The number of nitrogens with one attached hydrogen (secondary N) is 4. The summed E-state index contributed by atoms with van der Waals surface area (Å²) < 4.78 is 79.1. The lowest BCUT2D eigenvalue weighted by Crippen LogP contribution is -2.59. The van der Waals surface area contributed by atoms with Crippen LogP contribution in [0.15, 0.2) is 155 Å². The third kappa shape index (κ3) is 17.3. The number of benzene rings is 6. The van der Waals surface area contributed by atoms with Crippen LogP contribution in [0, 0.1) is 20.8 Å². The van der Waals surface area contributed by atoms with Gasteiger partial charge in [-0.2, -0.15) is 0 Å². The van der Waals surface area contributed by atoms with Crippen molar-refractivity contribution in [3.8, 4) is 11.5 Å². The Bertz CT molecular complexity index is 3310. The predicted octanol–water partition coefficient (Wildman–Crippen LogP) is 8.18. The number of Topliss-reactive ketones (excluding diaryl/α,β-unsaturated/α-hetero) is 1. The highest BCUT2D eigenvalue weighted by molar-refractivity contribution is 7.90. The van der Waals surface area contributed by atoms with E-state index in [4.69, 9.17) is 19.9 Å². The van der Waals surface area contributed by atoms with Gasteiger partial charge in [-0.25, -0.2) is 26.3 Å². The van der Waals surface area contributed by atoms with Crippen molar-refractivity contribution in [3.05, 3.63) is 196 Å². The van der Waals surface area contributed by atoms with E-state index in [0.717, 1.165) is 34.2 Å². The topological polar surface area (TPSA) is 234 Å². The SMILES string of the molecule is Cc1c(C)c(S(=O)(=O)NC(N)=NCCCC[C@H](NC(=O)[C@@H](NC(=O)[C@H](Cc2ccc(OCc3ccccc3)cc2)NS(=O)(=O)Cc2ccccc2)[C@@H](C)OCc2ccccc2)C(=O)Cc2ccccc2)c(C)c2c1OC(C)(C)CC2. The van der Waals surface area contributed by atoms with Crippen LogP contribution in [0.1, 0.15) is 96.5 Å². The zero-order chi connectivity index (χ0) is 57.5.